The molecule has 2 aliphatic carbocycles. The molecule has 6 heterocycles. The Bertz CT molecular complexity index is 2900. The predicted octanol–water partition coefficient (Wildman–Crippen LogP) is 6.29. The third-order valence-electron chi connectivity index (χ3n) is 13.0. The van der Waals surface area contributed by atoms with Crippen LogP contribution in [0.25, 0.3) is 16.8 Å². The number of aryl methyl sites for hydroxylation is 3. The fourth-order valence-electron chi connectivity index (χ4n) is 9.27. The topological polar surface area (TPSA) is 187 Å². The Labute approximate surface area is 366 Å². The van der Waals surface area contributed by atoms with Gasteiger partial charge in [-0.3, -0.25) is 48.3 Å². The van der Waals surface area contributed by atoms with Gasteiger partial charge in [0.05, 0.1) is 40.5 Å². The molecule has 16 nitrogen and oxygen atoms in total. The van der Waals surface area contributed by atoms with Gasteiger partial charge in [-0.05, 0) is 93.8 Å². The molecule has 3 aliphatic heterocycles. The van der Waals surface area contributed by atoms with Crippen LogP contribution in [0.3, 0.4) is 0 Å². The van der Waals surface area contributed by atoms with Crippen molar-refractivity contribution in [1.29, 1.82) is 0 Å². The van der Waals surface area contributed by atoms with Crippen molar-refractivity contribution in [2.24, 2.45) is 4.99 Å². The highest BCUT2D eigenvalue weighted by Gasteiger charge is 2.52. The number of imide groups is 2. The maximum atomic E-state index is 13.7. The van der Waals surface area contributed by atoms with E-state index in [9.17, 15) is 19.2 Å². The monoisotopic (exact) mass is 862 g/mol. The summed E-state index contributed by atoms with van der Waals surface area (Å²) in [6, 6.07) is 18.4. The number of nitrogens with zero attached hydrogens (tertiary/aromatic N) is 10. The van der Waals surface area contributed by atoms with E-state index in [0.29, 0.717) is 10.7 Å². The molecule has 1 unspecified atom stereocenters. The highest BCUT2D eigenvalue weighted by Crippen LogP contribution is 2.52. The van der Waals surface area contributed by atoms with Crippen molar-refractivity contribution in [3.05, 3.63) is 124 Å². The van der Waals surface area contributed by atoms with E-state index in [1.807, 2.05) is 52.9 Å². The van der Waals surface area contributed by atoms with Gasteiger partial charge in [-0.25, -0.2) is 0 Å². The minimum atomic E-state index is -1.02. The molecule has 3 fully saturated rings. The van der Waals surface area contributed by atoms with Crippen LogP contribution in [0, 0.1) is 6.92 Å². The van der Waals surface area contributed by atoms with Crippen LogP contribution in [-0.4, -0.2) is 79.8 Å². The molecule has 3 aromatic carbocycles. The van der Waals surface area contributed by atoms with Crippen molar-refractivity contribution in [1.82, 2.24) is 49.8 Å². The lowest BCUT2D eigenvalue weighted by Gasteiger charge is -2.28. The second-order valence-electron chi connectivity index (χ2n) is 17.3. The van der Waals surface area contributed by atoms with E-state index >= 15 is 0 Å². The minimum Gasteiger partial charge on any atom is -0.373 e. The fraction of sp³-hybridized carbons (Fsp3) is 0.348. The molecule has 0 bridgehead atoms. The first-order chi connectivity index (χ1) is 30.6. The van der Waals surface area contributed by atoms with Crippen molar-refractivity contribution in [2.75, 3.05) is 5.32 Å². The van der Waals surface area contributed by atoms with Gasteiger partial charge in [-0.15, -0.1) is 15.3 Å². The molecule has 5 aliphatic rings. The molecule has 17 heteroatoms. The molecule has 4 amide bonds. The molecule has 1 spiro atoms. The lowest BCUT2D eigenvalue weighted by molar-refractivity contribution is -0.136. The van der Waals surface area contributed by atoms with Gasteiger partial charge in [0, 0.05) is 53.1 Å². The van der Waals surface area contributed by atoms with Crippen LogP contribution in [0.1, 0.15) is 113 Å². The summed E-state index contributed by atoms with van der Waals surface area (Å²) in [5.74, 6) is -0.385. The quantitative estimate of drug-likeness (QED) is 0.0988. The zero-order valence-electron chi connectivity index (χ0n) is 34.6. The van der Waals surface area contributed by atoms with Gasteiger partial charge in [0.15, 0.2) is 5.82 Å². The van der Waals surface area contributed by atoms with Gasteiger partial charge in [-0.1, -0.05) is 53.9 Å². The number of unbranched alkanes of at least 4 members (excludes halogenated alkanes) is 3. The second kappa shape index (κ2) is 14.9. The number of aliphatic imine (C=N–C) groups is 1. The summed E-state index contributed by atoms with van der Waals surface area (Å²) >= 11 is 6.29. The third kappa shape index (κ3) is 6.83. The number of benzene rings is 3. The number of hydrogen-bond acceptors (Lipinski definition) is 11. The van der Waals surface area contributed by atoms with Crippen LogP contribution in [0.15, 0.2) is 84.2 Å². The van der Waals surface area contributed by atoms with Crippen LogP contribution >= 0.6 is 11.6 Å². The van der Waals surface area contributed by atoms with Crippen LogP contribution in [0.4, 0.5) is 5.69 Å². The van der Waals surface area contributed by atoms with E-state index in [0.717, 1.165) is 120 Å². The smallest absolute Gasteiger partial charge is 0.264 e. The molecule has 3 aromatic heterocycles. The Morgan fingerprint density at radius 2 is 1.59 bits per heavy atom. The maximum Gasteiger partial charge on any atom is 0.264 e. The second-order valence-corrected chi connectivity index (χ2v) is 17.7. The Balaban J connectivity index is 0.705. The van der Waals surface area contributed by atoms with Gasteiger partial charge < -0.3 is 5.32 Å². The van der Waals surface area contributed by atoms with Crippen LogP contribution in [0.2, 0.25) is 5.02 Å². The molecule has 0 radical (unpaired) electrons. The van der Waals surface area contributed by atoms with Gasteiger partial charge in [0.2, 0.25) is 11.8 Å². The average molecular weight is 863 g/mol. The summed E-state index contributed by atoms with van der Waals surface area (Å²) < 4.78 is 6.05. The molecular weight excluding hydrogens is 820 g/mol. The summed E-state index contributed by atoms with van der Waals surface area (Å²) in [5, 5.41) is 29.1. The number of carbonyl (C=O) groups excluding carboxylic acids is 4. The number of piperidine rings is 1. The van der Waals surface area contributed by atoms with E-state index in [1.165, 1.54) is 0 Å². The van der Waals surface area contributed by atoms with Gasteiger partial charge in [0.25, 0.3) is 11.8 Å². The number of nitrogens with one attached hydrogen (secondary N) is 2. The number of aromatic nitrogens is 8. The highest BCUT2D eigenvalue weighted by molar-refractivity contribution is 6.31. The predicted molar refractivity (Wildman–Crippen MR) is 231 cm³/mol. The number of amides is 4. The first-order valence-corrected chi connectivity index (χ1v) is 22.0. The van der Waals surface area contributed by atoms with Crippen molar-refractivity contribution in [3.63, 3.8) is 0 Å². The van der Waals surface area contributed by atoms with E-state index in [2.05, 4.69) is 60.1 Å². The summed E-state index contributed by atoms with van der Waals surface area (Å²) in [5.41, 5.74) is 6.95. The number of halogens is 1. The Morgan fingerprint density at radius 1 is 0.810 bits per heavy atom. The standard InChI is InChI=1S/C46H43ClN12O4/c1-27-52-54-44-46(19-20-46)51-40(28-9-12-31(47)13-10-28)33-23-29(11-14-35(33)58(27)44)30-24-48-56(25-30)21-4-2-3-5-22-57-26-37(53-55-57)45(17-18-45)50-34-8-6-7-32-39(34)43(63)59(42(32)62)36-15-16-38(60)49-41(36)61/h6-14,23-26,36,50H,2-5,15-22H2,1H3,(H,49,60,61). The van der Waals surface area contributed by atoms with Crippen LogP contribution < -0.4 is 10.6 Å². The molecule has 2 saturated carbocycles. The number of fused-ring (bicyclic) bond motifs is 5. The lowest BCUT2D eigenvalue weighted by Crippen LogP contribution is -2.54. The van der Waals surface area contributed by atoms with Crippen molar-refractivity contribution in [3.8, 4) is 16.8 Å². The Hall–Kier alpha value is -6.81. The minimum absolute atomic E-state index is 0.0656. The van der Waals surface area contributed by atoms with Crippen LogP contribution in [0.5, 0.6) is 0 Å². The molecule has 2 N–H and O–H groups in total. The zero-order chi connectivity index (χ0) is 43.0. The molecule has 63 heavy (non-hydrogen) atoms. The third-order valence-corrected chi connectivity index (χ3v) is 13.3. The number of anilines is 1. The molecule has 6 aromatic rings. The van der Waals surface area contributed by atoms with Crippen LogP contribution in [-0.2, 0) is 33.8 Å². The average Bonchev–Trinajstić information content (AvgIpc) is 4.00. The van der Waals surface area contributed by atoms with Gasteiger partial charge >= 0.3 is 0 Å². The van der Waals surface area contributed by atoms with Crippen molar-refractivity contribution < 1.29 is 19.2 Å². The maximum absolute atomic E-state index is 13.7. The lowest BCUT2D eigenvalue weighted by atomic mass is 9.96. The summed E-state index contributed by atoms with van der Waals surface area (Å²) in [6.45, 7) is 3.52. The van der Waals surface area contributed by atoms with Crippen molar-refractivity contribution >= 4 is 46.6 Å². The summed E-state index contributed by atoms with van der Waals surface area (Å²) in [6.07, 6.45) is 13.6. The normalized spacial score (nSPS) is 19.0. The van der Waals surface area contributed by atoms with Gasteiger partial charge in [-0.2, -0.15) is 5.10 Å². The fourth-order valence-corrected chi connectivity index (χ4v) is 9.39. The first-order valence-electron chi connectivity index (χ1n) is 21.6. The zero-order valence-corrected chi connectivity index (χ0v) is 35.3. The molecule has 1 atom stereocenters. The molecule has 11 rings (SSSR count). The van der Waals surface area contributed by atoms with Crippen molar-refractivity contribution in [2.45, 2.75) is 101 Å². The summed E-state index contributed by atoms with van der Waals surface area (Å²) in [4.78, 5) is 57.7. The molecule has 318 valence electrons. The SMILES string of the molecule is Cc1nnc2n1-c1ccc(-c3cnn(CCCCCCn4cc(C5(Nc6cccc7c6C(=O)N(C6CCC(=O)NC6=O)C7=O)CC5)nn4)c3)cc1C(c1ccc(Cl)cc1)=NC21CC1. The molecule has 1 saturated heterocycles. The summed E-state index contributed by atoms with van der Waals surface area (Å²) in [7, 11) is 0. The largest absolute Gasteiger partial charge is 0.373 e. The van der Waals surface area contributed by atoms with E-state index in [4.69, 9.17) is 21.7 Å². The number of carbonyl (C=O) groups is 4. The Morgan fingerprint density at radius 3 is 2.35 bits per heavy atom. The van der Waals surface area contributed by atoms with Gasteiger partial charge in [0.1, 0.15) is 23.1 Å². The molecular formula is C46H43ClN12O4. The Kier molecular flexibility index (Phi) is 9.26. The van der Waals surface area contributed by atoms with E-state index in [-0.39, 0.29) is 29.5 Å². The number of hydrogen-bond donors (Lipinski definition) is 2. The van der Waals surface area contributed by atoms with E-state index in [1.54, 1.807) is 18.2 Å². The number of rotatable bonds is 13. The first kappa shape index (κ1) is 39.1. The highest BCUT2D eigenvalue weighted by atomic mass is 35.5. The van der Waals surface area contributed by atoms with E-state index < -0.39 is 35.2 Å².